The van der Waals surface area contributed by atoms with Crippen molar-refractivity contribution in [2.24, 2.45) is 0 Å². The fraction of sp³-hybridized carbons (Fsp3) is 0.818. The van der Waals surface area contributed by atoms with Gasteiger partial charge in [0.25, 0.3) is 0 Å². The monoisotopic (exact) mass is 186 g/mol. The molecular weight excluding hydrogens is 164 g/mol. The van der Waals surface area contributed by atoms with Crippen molar-refractivity contribution in [3.63, 3.8) is 0 Å². The smallest absolute Gasteiger partial charge is 0.0773 e. The van der Waals surface area contributed by atoms with E-state index in [4.69, 9.17) is 10.2 Å². The molecule has 0 aliphatic heterocycles. The highest BCUT2D eigenvalue weighted by atomic mass is 16.3. The SMILES string of the molecule is CCCCC/C=C/CCC(O)CO. The van der Waals surface area contributed by atoms with Gasteiger partial charge in [0.2, 0.25) is 0 Å². The summed E-state index contributed by atoms with van der Waals surface area (Å²) in [4.78, 5) is 0. The second kappa shape index (κ2) is 9.75. The summed E-state index contributed by atoms with van der Waals surface area (Å²) in [5, 5.41) is 17.5. The van der Waals surface area contributed by atoms with Crippen molar-refractivity contribution < 1.29 is 10.2 Å². The fourth-order valence-corrected chi connectivity index (χ4v) is 1.13. The molecule has 0 aromatic heterocycles. The lowest BCUT2D eigenvalue weighted by Gasteiger charge is -2.02. The summed E-state index contributed by atoms with van der Waals surface area (Å²) in [6.45, 7) is 2.07. The molecule has 13 heavy (non-hydrogen) atoms. The molecule has 0 aliphatic rings. The molecule has 0 amide bonds. The van der Waals surface area contributed by atoms with Crippen LogP contribution in [0.5, 0.6) is 0 Å². The van der Waals surface area contributed by atoms with Crippen LogP contribution in [0.2, 0.25) is 0 Å². The van der Waals surface area contributed by atoms with Crippen molar-refractivity contribution in [3.8, 4) is 0 Å². The maximum atomic E-state index is 9.01. The van der Waals surface area contributed by atoms with Gasteiger partial charge >= 0.3 is 0 Å². The molecule has 0 aromatic carbocycles. The molecule has 2 N–H and O–H groups in total. The Morgan fingerprint density at radius 1 is 1.15 bits per heavy atom. The number of rotatable bonds is 8. The minimum absolute atomic E-state index is 0.121. The molecule has 0 bridgehead atoms. The van der Waals surface area contributed by atoms with Gasteiger partial charge in [0, 0.05) is 0 Å². The zero-order chi connectivity index (χ0) is 9.94. The molecule has 1 unspecified atom stereocenters. The summed E-state index contributed by atoms with van der Waals surface area (Å²) in [6, 6.07) is 0. The van der Waals surface area contributed by atoms with Crippen molar-refractivity contribution in [1.29, 1.82) is 0 Å². The highest BCUT2D eigenvalue weighted by Crippen LogP contribution is 2.02. The van der Waals surface area contributed by atoms with Crippen LogP contribution in [-0.4, -0.2) is 22.9 Å². The first kappa shape index (κ1) is 12.7. The topological polar surface area (TPSA) is 40.5 Å². The number of hydrogen-bond acceptors (Lipinski definition) is 2. The first-order valence-electron chi connectivity index (χ1n) is 5.25. The first-order chi connectivity index (χ1) is 6.31. The van der Waals surface area contributed by atoms with Crippen molar-refractivity contribution in [2.75, 3.05) is 6.61 Å². The Bertz CT molecular complexity index is 121. The Morgan fingerprint density at radius 3 is 2.46 bits per heavy atom. The second-order valence-corrected chi connectivity index (χ2v) is 3.38. The second-order valence-electron chi connectivity index (χ2n) is 3.38. The maximum absolute atomic E-state index is 9.01. The number of unbranched alkanes of at least 4 members (excludes halogenated alkanes) is 3. The number of aliphatic hydroxyl groups excluding tert-OH is 2. The van der Waals surface area contributed by atoms with Crippen LogP contribution in [0.15, 0.2) is 12.2 Å². The third-order valence-corrected chi connectivity index (χ3v) is 2.02. The summed E-state index contributed by atoms with van der Waals surface area (Å²) in [6.07, 6.45) is 10.2. The molecule has 0 aliphatic carbocycles. The van der Waals surface area contributed by atoms with E-state index in [2.05, 4.69) is 19.1 Å². The van der Waals surface area contributed by atoms with Gasteiger partial charge in [-0.25, -0.2) is 0 Å². The summed E-state index contributed by atoms with van der Waals surface area (Å²) in [5.74, 6) is 0. The predicted octanol–water partition coefficient (Wildman–Crippen LogP) is 2.26. The quantitative estimate of drug-likeness (QED) is 0.451. The summed E-state index contributed by atoms with van der Waals surface area (Å²) in [5.41, 5.74) is 0. The highest BCUT2D eigenvalue weighted by Gasteiger charge is 1.97. The standard InChI is InChI=1S/C11H22O2/c1-2-3-4-5-6-7-8-9-11(13)10-12/h6-7,11-13H,2-5,8-10H2,1H3/b7-6+. The van der Waals surface area contributed by atoms with E-state index in [1.54, 1.807) is 0 Å². The van der Waals surface area contributed by atoms with Gasteiger partial charge in [-0.05, 0) is 25.7 Å². The molecule has 0 fully saturated rings. The lowest BCUT2D eigenvalue weighted by molar-refractivity contribution is 0.0891. The maximum Gasteiger partial charge on any atom is 0.0773 e. The van der Waals surface area contributed by atoms with E-state index in [9.17, 15) is 0 Å². The molecule has 0 saturated carbocycles. The van der Waals surface area contributed by atoms with E-state index in [1.165, 1.54) is 19.3 Å². The number of allylic oxidation sites excluding steroid dienone is 2. The Balaban J connectivity index is 3.12. The van der Waals surface area contributed by atoms with Crippen LogP contribution >= 0.6 is 0 Å². The molecule has 1 atom stereocenters. The van der Waals surface area contributed by atoms with Gasteiger partial charge in [0.1, 0.15) is 0 Å². The predicted molar refractivity (Wildman–Crippen MR) is 55.6 cm³/mol. The number of hydrogen-bond donors (Lipinski definition) is 2. The first-order valence-corrected chi connectivity index (χ1v) is 5.25. The molecule has 0 rings (SSSR count). The molecule has 0 aromatic rings. The summed E-state index contributed by atoms with van der Waals surface area (Å²) >= 11 is 0. The molecule has 2 heteroatoms. The average molecular weight is 186 g/mol. The van der Waals surface area contributed by atoms with Gasteiger partial charge in [0.05, 0.1) is 12.7 Å². The van der Waals surface area contributed by atoms with E-state index < -0.39 is 6.10 Å². The van der Waals surface area contributed by atoms with Crippen LogP contribution in [0.3, 0.4) is 0 Å². The largest absolute Gasteiger partial charge is 0.394 e. The molecule has 2 nitrogen and oxygen atoms in total. The molecule has 0 saturated heterocycles. The van der Waals surface area contributed by atoms with E-state index in [-0.39, 0.29) is 6.61 Å². The van der Waals surface area contributed by atoms with Crippen LogP contribution < -0.4 is 0 Å². The van der Waals surface area contributed by atoms with Gasteiger partial charge in [-0.3, -0.25) is 0 Å². The zero-order valence-corrected chi connectivity index (χ0v) is 8.58. The minimum Gasteiger partial charge on any atom is -0.394 e. The van der Waals surface area contributed by atoms with Gasteiger partial charge < -0.3 is 10.2 Å². The van der Waals surface area contributed by atoms with Crippen molar-refractivity contribution >= 4 is 0 Å². The minimum atomic E-state index is -0.541. The van der Waals surface area contributed by atoms with Crippen LogP contribution in [0.1, 0.15) is 45.4 Å². The van der Waals surface area contributed by atoms with Crippen molar-refractivity contribution in [3.05, 3.63) is 12.2 Å². The third kappa shape index (κ3) is 9.57. The summed E-state index contributed by atoms with van der Waals surface area (Å²) in [7, 11) is 0. The van der Waals surface area contributed by atoms with Crippen LogP contribution in [-0.2, 0) is 0 Å². The number of aliphatic hydroxyl groups is 2. The van der Waals surface area contributed by atoms with E-state index in [0.717, 1.165) is 12.8 Å². The molecule has 78 valence electrons. The molecule has 0 heterocycles. The van der Waals surface area contributed by atoms with Crippen LogP contribution in [0, 0.1) is 0 Å². The molecule has 0 spiro atoms. The van der Waals surface area contributed by atoms with Crippen molar-refractivity contribution in [2.45, 2.75) is 51.6 Å². The van der Waals surface area contributed by atoms with E-state index >= 15 is 0 Å². The van der Waals surface area contributed by atoms with Gasteiger partial charge in [-0.2, -0.15) is 0 Å². The Kier molecular flexibility index (Phi) is 9.49. The average Bonchev–Trinajstić information content (AvgIpc) is 2.16. The van der Waals surface area contributed by atoms with Crippen LogP contribution in [0.4, 0.5) is 0 Å². The Morgan fingerprint density at radius 2 is 1.85 bits per heavy atom. The fourth-order valence-electron chi connectivity index (χ4n) is 1.13. The Labute approximate surface area is 81.3 Å². The van der Waals surface area contributed by atoms with Crippen LogP contribution in [0.25, 0.3) is 0 Å². The van der Waals surface area contributed by atoms with Gasteiger partial charge in [0.15, 0.2) is 0 Å². The molecule has 0 radical (unpaired) electrons. The van der Waals surface area contributed by atoms with Gasteiger partial charge in [-0.15, -0.1) is 0 Å². The van der Waals surface area contributed by atoms with Crippen molar-refractivity contribution in [1.82, 2.24) is 0 Å². The lowest BCUT2D eigenvalue weighted by Crippen LogP contribution is -2.10. The third-order valence-electron chi connectivity index (χ3n) is 2.02. The summed E-state index contributed by atoms with van der Waals surface area (Å²) < 4.78 is 0. The van der Waals surface area contributed by atoms with E-state index in [0.29, 0.717) is 6.42 Å². The Hall–Kier alpha value is -0.340. The normalized spacial score (nSPS) is 13.8. The highest BCUT2D eigenvalue weighted by molar-refractivity contribution is 4.82. The lowest BCUT2D eigenvalue weighted by atomic mass is 10.1. The van der Waals surface area contributed by atoms with Gasteiger partial charge in [-0.1, -0.05) is 31.9 Å². The molecular formula is C11H22O2. The van der Waals surface area contributed by atoms with E-state index in [1.807, 2.05) is 0 Å². The zero-order valence-electron chi connectivity index (χ0n) is 8.58.